The van der Waals surface area contributed by atoms with E-state index in [0.29, 0.717) is 11.3 Å². The zero-order chi connectivity index (χ0) is 18.4. The molecule has 0 radical (unpaired) electrons. The molecule has 0 unspecified atom stereocenters. The number of halogens is 2. The number of alkyl halides is 2. The number of ether oxygens (including phenoxy) is 1. The summed E-state index contributed by atoms with van der Waals surface area (Å²) in [6.07, 6.45) is 0. The zero-order valence-electron chi connectivity index (χ0n) is 13.8. The van der Waals surface area contributed by atoms with E-state index >= 15 is 0 Å². The van der Waals surface area contributed by atoms with Gasteiger partial charge in [0.05, 0.1) is 6.54 Å². The van der Waals surface area contributed by atoms with Crippen molar-refractivity contribution in [2.45, 2.75) is 20.5 Å². The molecule has 2 rings (SSSR count). The molecule has 0 fully saturated rings. The second kappa shape index (κ2) is 8.23. The summed E-state index contributed by atoms with van der Waals surface area (Å²) >= 11 is 0. The average Bonchev–Trinajstić information content (AvgIpc) is 2.53. The van der Waals surface area contributed by atoms with Gasteiger partial charge in [0, 0.05) is 11.3 Å². The number of benzene rings is 2. The number of hydrogen-bond donors (Lipinski definition) is 2. The molecular formula is C18H18F2N2O3. The number of nitrogens with one attached hydrogen (secondary N) is 2. The van der Waals surface area contributed by atoms with Crippen molar-refractivity contribution in [3.8, 4) is 5.75 Å². The Morgan fingerprint density at radius 3 is 2.20 bits per heavy atom. The average molecular weight is 348 g/mol. The van der Waals surface area contributed by atoms with Gasteiger partial charge >= 0.3 is 6.61 Å². The predicted molar refractivity (Wildman–Crippen MR) is 90.0 cm³/mol. The van der Waals surface area contributed by atoms with Crippen LogP contribution in [-0.2, 0) is 4.79 Å². The highest BCUT2D eigenvalue weighted by Gasteiger charge is 2.10. The molecule has 0 spiro atoms. The molecule has 0 aliphatic carbocycles. The number of anilines is 1. The van der Waals surface area contributed by atoms with Gasteiger partial charge in [-0.05, 0) is 50.2 Å². The van der Waals surface area contributed by atoms with Crippen LogP contribution in [0.1, 0.15) is 21.5 Å². The molecule has 2 aromatic rings. The van der Waals surface area contributed by atoms with Crippen molar-refractivity contribution in [1.82, 2.24) is 5.32 Å². The van der Waals surface area contributed by atoms with Gasteiger partial charge in [0.25, 0.3) is 5.91 Å². The lowest BCUT2D eigenvalue weighted by molar-refractivity contribution is -0.115. The van der Waals surface area contributed by atoms with Gasteiger partial charge in [-0.2, -0.15) is 8.78 Å². The summed E-state index contributed by atoms with van der Waals surface area (Å²) in [6, 6.07) is 10.9. The van der Waals surface area contributed by atoms with Crippen LogP contribution in [0.15, 0.2) is 42.5 Å². The van der Waals surface area contributed by atoms with E-state index in [9.17, 15) is 18.4 Å². The van der Waals surface area contributed by atoms with Crippen LogP contribution < -0.4 is 15.4 Å². The lowest BCUT2D eigenvalue weighted by atomic mass is 10.1. The minimum absolute atomic E-state index is 0.00359. The third kappa shape index (κ3) is 5.87. The standard InChI is InChI=1S/C18H18F2N2O3/c1-11-7-12(2)9-13(8-11)17(24)21-10-16(23)22-14-3-5-15(6-4-14)25-18(19)20/h3-9,18H,10H2,1-2H3,(H,21,24)(H,22,23). The quantitative estimate of drug-likeness (QED) is 0.842. The lowest BCUT2D eigenvalue weighted by Gasteiger charge is -2.09. The number of rotatable bonds is 6. The molecule has 25 heavy (non-hydrogen) atoms. The molecule has 0 bridgehead atoms. The fraction of sp³-hybridized carbons (Fsp3) is 0.222. The van der Waals surface area contributed by atoms with E-state index < -0.39 is 12.5 Å². The molecule has 5 nitrogen and oxygen atoms in total. The predicted octanol–water partition coefficient (Wildman–Crippen LogP) is 3.27. The summed E-state index contributed by atoms with van der Waals surface area (Å²) in [5, 5.41) is 5.09. The number of carbonyl (C=O) groups is 2. The summed E-state index contributed by atoms with van der Waals surface area (Å²) < 4.78 is 28.3. The normalized spacial score (nSPS) is 10.4. The van der Waals surface area contributed by atoms with Crippen molar-refractivity contribution in [3.05, 3.63) is 59.2 Å². The van der Waals surface area contributed by atoms with E-state index in [2.05, 4.69) is 15.4 Å². The monoisotopic (exact) mass is 348 g/mol. The molecule has 0 saturated heterocycles. The lowest BCUT2D eigenvalue weighted by Crippen LogP contribution is -2.32. The maximum Gasteiger partial charge on any atom is 0.387 e. The first-order valence-corrected chi connectivity index (χ1v) is 7.55. The molecule has 0 aliphatic heterocycles. The molecule has 0 aromatic heterocycles. The van der Waals surface area contributed by atoms with Gasteiger partial charge < -0.3 is 15.4 Å². The second-order valence-electron chi connectivity index (χ2n) is 5.51. The largest absolute Gasteiger partial charge is 0.435 e. The zero-order valence-corrected chi connectivity index (χ0v) is 13.8. The van der Waals surface area contributed by atoms with E-state index in [1.165, 1.54) is 24.3 Å². The first-order chi connectivity index (χ1) is 11.8. The second-order valence-corrected chi connectivity index (χ2v) is 5.51. The Bertz CT molecular complexity index is 741. The van der Waals surface area contributed by atoms with Crippen LogP contribution in [0.4, 0.5) is 14.5 Å². The number of hydrogen-bond acceptors (Lipinski definition) is 3. The molecule has 2 amide bonds. The van der Waals surface area contributed by atoms with Gasteiger partial charge in [-0.1, -0.05) is 17.2 Å². The fourth-order valence-electron chi connectivity index (χ4n) is 2.29. The first-order valence-electron chi connectivity index (χ1n) is 7.55. The van der Waals surface area contributed by atoms with Gasteiger partial charge in [0.15, 0.2) is 0 Å². The summed E-state index contributed by atoms with van der Waals surface area (Å²) in [4.78, 5) is 23.9. The highest BCUT2D eigenvalue weighted by Crippen LogP contribution is 2.17. The highest BCUT2D eigenvalue weighted by molar-refractivity contribution is 5.99. The number of aryl methyl sites for hydroxylation is 2. The molecule has 0 saturated carbocycles. The van der Waals surface area contributed by atoms with Crippen LogP contribution in [0.3, 0.4) is 0 Å². The van der Waals surface area contributed by atoms with Crippen LogP contribution >= 0.6 is 0 Å². The topological polar surface area (TPSA) is 67.4 Å². The molecule has 0 heterocycles. The molecule has 132 valence electrons. The van der Waals surface area contributed by atoms with Gasteiger partial charge in [-0.25, -0.2) is 0 Å². The molecule has 2 aromatic carbocycles. The minimum atomic E-state index is -2.90. The summed E-state index contributed by atoms with van der Waals surface area (Å²) in [7, 11) is 0. The van der Waals surface area contributed by atoms with Crippen LogP contribution in [-0.4, -0.2) is 25.0 Å². The summed E-state index contributed by atoms with van der Waals surface area (Å²) in [6.45, 7) is 0.664. The molecule has 7 heteroatoms. The Morgan fingerprint density at radius 2 is 1.64 bits per heavy atom. The van der Waals surface area contributed by atoms with Crippen molar-refractivity contribution in [2.24, 2.45) is 0 Å². The van der Waals surface area contributed by atoms with E-state index in [-0.39, 0.29) is 18.2 Å². The molecule has 0 atom stereocenters. The van der Waals surface area contributed by atoms with E-state index in [0.717, 1.165) is 11.1 Å². The first kappa shape index (κ1) is 18.4. The Morgan fingerprint density at radius 1 is 1.04 bits per heavy atom. The van der Waals surface area contributed by atoms with Crippen LogP contribution in [0.5, 0.6) is 5.75 Å². The summed E-state index contributed by atoms with van der Waals surface area (Å²) in [5.41, 5.74) is 2.81. The third-order valence-corrected chi connectivity index (χ3v) is 3.26. The molecular weight excluding hydrogens is 330 g/mol. The Kier molecular flexibility index (Phi) is 6.05. The SMILES string of the molecule is Cc1cc(C)cc(C(=O)NCC(=O)Nc2ccc(OC(F)F)cc2)c1. The third-order valence-electron chi connectivity index (χ3n) is 3.26. The van der Waals surface area contributed by atoms with Crippen molar-refractivity contribution in [3.63, 3.8) is 0 Å². The van der Waals surface area contributed by atoms with Gasteiger partial charge in [-0.15, -0.1) is 0 Å². The van der Waals surface area contributed by atoms with Crippen LogP contribution in [0.2, 0.25) is 0 Å². The maximum atomic E-state index is 12.1. The highest BCUT2D eigenvalue weighted by atomic mass is 19.3. The van der Waals surface area contributed by atoms with Gasteiger partial charge in [0.2, 0.25) is 5.91 Å². The smallest absolute Gasteiger partial charge is 0.387 e. The minimum Gasteiger partial charge on any atom is -0.435 e. The van der Waals surface area contributed by atoms with Crippen molar-refractivity contribution >= 4 is 17.5 Å². The number of amides is 2. The molecule has 0 aliphatic rings. The van der Waals surface area contributed by atoms with E-state index in [4.69, 9.17) is 0 Å². The molecule has 2 N–H and O–H groups in total. The Balaban J connectivity index is 1.86. The Hall–Kier alpha value is -2.96. The summed E-state index contributed by atoms with van der Waals surface area (Å²) in [5.74, 6) is -0.779. The van der Waals surface area contributed by atoms with Crippen molar-refractivity contribution in [1.29, 1.82) is 0 Å². The van der Waals surface area contributed by atoms with Crippen molar-refractivity contribution < 1.29 is 23.1 Å². The number of carbonyl (C=O) groups excluding carboxylic acids is 2. The van der Waals surface area contributed by atoms with Crippen LogP contribution in [0, 0.1) is 13.8 Å². The maximum absolute atomic E-state index is 12.1. The van der Waals surface area contributed by atoms with Crippen LogP contribution in [0.25, 0.3) is 0 Å². The van der Waals surface area contributed by atoms with E-state index in [1.807, 2.05) is 19.9 Å². The van der Waals surface area contributed by atoms with Gasteiger partial charge in [-0.3, -0.25) is 9.59 Å². The van der Waals surface area contributed by atoms with E-state index in [1.54, 1.807) is 12.1 Å². The van der Waals surface area contributed by atoms with Crippen molar-refractivity contribution in [2.75, 3.05) is 11.9 Å². The van der Waals surface area contributed by atoms with Gasteiger partial charge in [0.1, 0.15) is 5.75 Å². The fourth-order valence-corrected chi connectivity index (χ4v) is 2.29. The Labute approximate surface area is 144 Å².